The zero-order valence-electron chi connectivity index (χ0n) is 9.50. The molecule has 0 saturated heterocycles. The number of benzene rings is 1. The van der Waals surface area contributed by atoms with Crippen LogP contribution in [-0.4, -0.2) is 11.7 Å². The van der Waals surface area contributed by atoms with Crippen LogP contribution in [0.1, 0.15) is 20.8 Å². The molecule has 0 aliphatic carbocycles. The van der Waals surface area contributed by atoms with Gasteiger partial charge in [-0.25, -0.2) is 10.2 Å². The lowest BCUT2D eigenvalue weighted by Gasteiger charge is -2.20. The molecule has 88 valence electrons. The maximum absolute atomic E-state index is 11.3. The minimum Gasteiger partial charge on any atom is -0.443 e. The number of hydrogen-bond acceptors (Lipinski definition) is 3. The third kappa shape index (κ3) is 5.02. The Kier molecular flexibility index (Phi) is 4.18. The highest BCUT2D eigenvalue weighted by Gasteiger charge is 2.15. The number of rotatable bonds is 2. The summed E-state index contributed by atoms with van der Waals surface area (Å²) in [7, 11) is 0. The number of nitrogens with one attached hydrogen (secondary N) is 2. The Morgan fingerprint density at radius 1 is 1.25 bits per heavy atom. The van der Waals surface area contributed by atoms with Crippen molar-refractivity contribution in [1.29, 1.82) is 0 Å². The summed E-state index contributed by atoms with van der Waals surface area (Å²) in [6.45, 7) is 5.44. The second-order valence-electron chi connectivity index (χ2n) is 4.26. The van der Waals surface area contributed by atoms with Crippen LogP contribution >= 0.6 is 15.9 Å². The molecular weight excluding hydrogens is 272 g/mol. The van der Waals surface area contributed by atoms with Gasteiger partial charge in [-0.3, -0.25) is 5.43 Å². The Balaban J connectivity index is 2.40. The van der Waals surface area contributed by atoms with Crippen LogP contribution in [0.4, 0.5) is 10.5 Å². The van der Waals surface area contributed by atoms with Gasteiger partial charge >= 0.3 is 6.09 Å². The van der Waals surface area contributed by atoms with Gasteiger partial charge in [-0.05, 0) is 45.0 Å². The molecule has 0 atom stereocenters. The molecule has 0 spiro atoms. The highest BCUT2D eigenvalue weighted by atomic mass is 79.9. The van der Waals surface area contributed by atoms with Gasteiger partial charge in [0.15, 0.2) is 0 Å². The average molecular weight is 287 g/mol. The van der Waals surface area contributed by atoms with E-state index in [1.54, 1.807) is 0 Å². The summed E-state index contributed by atoms with van der Waals surface area (Å²) in [5, 5.41) is 0. The van der Waals surface area contributed by atoms with Gasteiger partial charge in [-0.15, -0.1) is 0 Å². The summed E-state index contributed by atoms with van der Waals surface area (Å²) < 4.78 is 6.04. The molecule has 0 fully saturated rings. The maximum Gasteiger partial charge on any atom is 0.426 e. The molecule has 0 saturated carbocycles. The summed E-state index contributed by atoms with van der Waals surface area (Å²) in [6.07, 6.45) is -0.504. The van der Waals surface area contributed by atoms with Crippen LogP contribution in [0.3, 0.4) is 0 Å². The fraction of sp³-hybridized carbons (Fsp3) is 0.364. The number of anilines is 1. The lowest BCUT2D eigenvalue weighted by Crippen LogP contribution is -2.35. The Labute approximate surface area is 103 Å². The molecule has 1 aromatic rings. The number of carbonyl (C=O) groups is 1. The van der Waals surface area contributed by atoms with Gasteiger partial charge in [0.1, 0.15) is 5.60 Å². The van der Waals surface area contributed by atoms with Gasteiger partial charge in [0.05, 0.1) is 5.69 Å². The molecule has 5 heteroatoms. The van der Waals surface area contributed by atoms with Gasteiger partial charge < -0.3 is 4.74 Å². The number of hydrazine groups is 1. The maximum atomic E-state index is 11.3. The fourth-order valence-electron chi connectivity index (χ4n) is 0.960. The van der Waals surface area contributed by atoms with Crippen molar-refractivity contribution < 1.29 is 9.53 Å². The Hall–Kier alpha value is -1.23. The highest BCUT2D eigenvalue weighted by molar-refractivity contribution is 9.10. The van der Waals surface area contributed by atoms with Crippen LogP contribution in [0.5, 0.6) is 0 Å². The third-order valence-electron chi connectivity index (χ3n) is 1.55. The van der Waals surface area contributed by atoms with Gasteiger partial charge in [-0.1, -0.05) is 15.9 Å². The molecule has 1 rings (SSSR count). The first-order chi connectivity index (χ1) is 7.37. The molecule has 0 bridgehead atoms. The van der Waals surface area contributed by atoms with Gasteiger partial charge in [0.2, 0.25) is 0 Å². The number of ether oxygens (including phenoxy) is 1. The van der Waals surface area contributed by atoms with E-state index in [1.165, 1.54) is 0 Å². The first-order valence-electron chi connectivity index (χ1n) is 4.87. The minimum absolute atomic E-state index is 0.495. The number of amides is 1. The van der Waals surface area contributed by atoms with E-state index in [4.69, 9.17) is 4.74 Å². The molecule has 0 unspecified atom stereocenters. The molecule has 2 N–H and O–H groups in total. The zero-order valence-corrected chi connectivity index (χ0v) is 11.1. The standard InChI is InChI=1S/C11H15BrN2O2/c1-11(2,3)16-10(15)14-13-9-6-4-8(12)5-7-9/h4-7,13H,1-3H3,(H,14,15). The minimum atomic E-state index is -0.504. The van der Waals surface area contributed by atoms with Crippen molar-refractivity contribution in [3.63, 3.8) is 0 Å². The molecular formula is C11H15BrN2O2. The van der Waals surface area contributed by atoms with Crippen molar-refractivity contribution >= 4 is 27.7 Å². The predicted molar refractivity (Wildman–Crippen MR) is 67.1 cm³/mol. The molecule has 0 aliphatic heterocycles. The van der Waals surface area contributed by atoms with Gasteiger partial charge in [0, 0.05) is 4.47 Å². The summed E-state index contributed by atoms with van der Waals surface area (Å²) in [5.41, 5.74) is 5.49. The highest BCUT2D eigenvalue weighted by Crippen LogP contribution is 2.13. The average Bonchev–Trinajstić information content (AvgIpc) is 2.14. The van der Waals surface area contributed by atoms with Gasteiger partial charge in [0.25, 0.3) is 0 Å². The first kappa shape index (κ1) is 12.8. The summed E-state index contributed by atoms with van der Waals surface area (Å²) in [5.74, 6) is 0. The van der Waals surface area contributed by atoms with Crippen molar-refractivity contribution in [3.05, 3.63) is 28.7 Å². The van der Waals surface area contributed by atoms with Crippen molar-refractivity contribution in [3.8, 4) is 0 Å². The number of halogens is 1. The van der Waals surface area contributed by atoms with Gasteiger partial charge in [-0.2, -0.15) is 0 Å². The molecule has 0 radical (unpaired) electrons. The van der Waals surface area contributed by atoms with E-state index in [0.717, 1.165) is 10.2 Å². The lowest BCUT2D eigenvalue weighted by atomic mass is 10.2. The molecule has 1 aromatic carbocycles. The largest absolute Gasteiger partial charge is 0.443 e. The lowest BCUT2D eigenvalue weighted by molar-refractivity contribution is 0.0541. The van der Waals surface area contributed by atoms with Crippen LogP contribution in [0.15, 0.2) is 28.7 Å². The molecule has 0 aliphatic rings. The van der Waals surface area contributed by atoms with Crippen LogP contribution in [-0.2, 0) is 4.74 Å². The van der Waals surface area contributed by atoms with E-state index >= 15 is 0 Å². The molecule has 1 amide bonds. The second kappa shape index (κ2) is 5.21. The van der Waals surface area contributed by atoms with E-state index in [-0.39, 0.29) is 0 Å². The fourth-order valence-corrected chi connectivity index (χ4v) is 1.22. The van der Waals surface area contributed by atoms with Crippen molar-refractivity contribution in [1.82, 2.24) is 5.43 Å². The molecule has 16 heavy (non-hydrogen) atoms. The second-order valence-corrected chi connectivity index (χ2v) is 5.17. The monoisotopic (exact) mass is 286 g/mol. The molecule has 0 aromatic heterocycles. The van der Waals surface area contributed by atoms with Crippen molar-refractivity contribution in [2.24, 2.45) is 0 Å². The van der Waals surface area contributed by atoms with E-state index in [2.05, 4.69) is 26.8 Å². The number of hydrogen-bond donors (Lipinski definition) is 2. The van der Waals surface area contributed by atoms with E-state index < -0.39 is 11.7 Å². The van der Waals surface area contributed by atoms with Crippen LogP contribution in [0.25, 0.3) is 0 Å². The summed E-state index contributed by atoms with van der Waals surface area (Å²) in [4.78, 5) is 11.3. The number of carbonyl (C=O) groups excluding carboxylic acids is 1. The Morgan fingerprint density at radius 3 is 2.31 bits per heavy atom. The smallest absolute Gasteiger partial charge is 0.426 e. The van der Waals surface area contributed by atoms with Crippen LogP contribution in [0, 0.1) is 0 Å². The topological polar surface area (TPSA) is 50.4 Å². The Bertz CT molecular complexity index is 357. The quantitative estimate of drug-likeness (QED) is 0.820. The van der Waals surface area contributed by atoms with E-state index in [1.807, 2.05) is 45.0 Å². The predicted octanol–water partition coefficient (Wildman–Crippen LogP) is 3.30. The first-order valence-corrected chi connectivity index (χ1v) is 5.67. The van der Waals surface area contributed by atoms with Crippen LogP contribution in [0.2, 0.25) is 0 Å². The summed E-state index contributed by atoms with van der Waals surface area (Å²) >= 11 is 3.33. The molecule has 4 nitrogen and oxygen atoms in total. The van der Waals surface area contributed by atoms with E-state index in [9.17, 15) is 4.79 Å². The SMILES string of the molecule is CC(C)(C)OC(=O)NNc1ccc(Br)cc1. The Morgan fingerprint density at radius 2 is 1.81 bits per heavy atom. The van der Waals surface area contributed by atoms with Crippen molar-refractivity contribution in [2.45, 2.75) is 26.4 Å². The van der Waals surface area contributed by atoms with E-state index in [0.29, 0.717) is 0 Å². The van der Waals surface area contributed by atoms with Crippen molar-refractivity contribution in [2.75, 3.05) is 5.43 Å². The third-order valence-corrected chi connectivity index (χ3v) is 2.08. The zero-order chi connectivity index (χ0) is 12.2. The summed E-state index contributed by atoms with van der Waals surface area (Å²) in [6, 6.07) is 7.42. The molecule has 0 heterocycles. The normalized spacial score (nSPS) is 10.8. The van der Waals surface area contributed by atoms with Crippen LogP contribution < -0.4 is 10.9 Å².